The van der Waals surface area contributed by atoms with Crippen LogP contribution in [0.15, 0.2) is 225 Å². The third kappa shape index (κ3) is 18.4. The first-order valence-electron chi connectivity index (χ1n) is 35.1. The molecular weight excluding hydrogens is 1300 g/mol. The fourth-order valence-corrected chi connectivity index (χ4v) is 13.2. The molecule has 9 aromatic carbocycles. The lowest BCUT2D eigenvalue weighted by molar-refractivity contribution is -0.150. The summed E-state index contributed by atoms with van der Waals surface area (Å²) in [6.07, 6.45) is 13.0. The molecule has 0 aromatic heterocycles. The summed E-state index contributed by atoms with van der Waals surface area (Å²) in [5, 5.41) is 18.6. The van der Waals surface area contributed by atoms with E-state index in [1.807, 2.05) is 78.9 Å². The summed E-state index contributed by atoms with van der Waals surface area (Å²) >= 11 is 1.77. The number of methoxy groups -OCH3 is 1. The Morgan fingerprint density at radius 2 is 0.912 bits per heavy atom. The molecule has 102 heavy (non-hydrogen) atoms. The Kier molecular flexibility index (Phi) is 24.7. The van der Waals surface area contributed by atoms with Crippen molar-refractivity contribution in [1.82, 2.24) is 0 Å². The Morgan fingerprint density at radius 3 is 1.42 bits per heavy atom. The van der Waals surface area contributed by atoms with Gasteiger partial charge < -0.3 is 42.6 Å². The molecule has 0 atom stereocenters. The van der Waals surface area contributed by atoms with E-state index in [0.717, 1.165) is 138 Å². The van der Waals surface area contributed by atoms with E-state index in [4.69, 9.17) is 47.7 Å². The van der Waals surface area contributed by atoms with E-state index in [9.17, 15) is 14.4 Å². The normalized spacial score (nSPS) is 13.1. The summed E-state index contributed by atoms with van der Waals surface area (Å²) < 4.78 is 53.0. The molecule has 1 heterocycles. The Balaban J connectivity index is 0.616. The van der Waals surface area contributed by atoms with E-state index >= 15 is 0 Å². The Morgan fingerprint density at radius 1 is 0.461 bits per heavy atom. The van der Waals surface area contributed by atoms with Crippen molar-refractivity contribution in [3.05, 3.63) is 250 Å². The van der Waals surface area contributed by atoms with E-state index < -0.39 is 17.9 Å². The largest absolute Gasteiger partial charge is 0.494 e. The van der Waals surface area contributed by atoms with Crippen molar-refractivity contribution in [1.29, 1.82) is 0 Å². The highest BCUT2D eigenvalue weighted by Gasteiger charge is 2.37. The molecule has 0 spiro atoms. The van der Waals surface area contributed by atoms with Crippen molar-refractivity contribution >= 4 is 53.5 Å². The van der Waals surface area contributed by atoms with Crippen LogP contribution in [0, 0.1) is 11.3 Å². The number of unbranched alkanes of at least 4 members (excludes halogenated alkanes) is 5. The van der Waals surface area contributed by atoms with Gasteiger partial charge in [-0.2, -0.15) is 10.2 Å². The molecule has 0 radical (unpaired) electrons. The van der Waals surface area contributed by atoms with Gasteiger partial charge in [-0.25, -0.2) is 14.4 Å². The number of hydrogen-bond acceptors (Lipinski definition) is 17. The SMILES string of the molecule is CCC1(COCCCCCCOc2ccc(C(=O)Oc3ccc(OC(=O)c4ccc(OCCCCOc5ccc(C(=O)Oc6ccc(SCCCCC(C)C)c(/C=N/N=C7c8ccccc8-c8ccccc87)c6)cc5)cc4)cc3/C=N/N=C3c4ccccc4-c4ccccc43)cc2OC)COC1. The van der Waals surface area contributed by atoms with Crippen LogP contribution in [-0.2, 0) is 9.47 Å². The molecule has 1 fully saturated rings. The first-order chi connectivity index (χ1) is 50.0. The Bertz CT molecular complexity index is 4420. The molecule has 1 aliphatic heterocycles. The van der Waals surface area contributed by atoms with Gasteiger partial charge in [0.2, 0.25) is 0 Å². The number of ether oxygens (including phenoxy) is 9. The van der Waals surface area contributed by atoms with Crippen molar-refractivity contribution in [2.75, 3.05) is 59.1 Å². The summed E-state index contributed by atoms with van der Waals surface area (Å²) in [5.41, 5.74) is 12.1. The molecule has 0 N–H and O–H groups in total. The van der Waals surface area contributed by atoms with E-state index in [1.165, 1.54) is 19.7 Å². The van der Waals surface area contributed by atoms with Crippen molar-refractivity contribution in [3.8, 4) is 62.5 Å². The standard InChI is InChI=1S/C85H84N4O12S/c1-5-85(56-95-57-85)55-94-45-17-6-7-18-48-98-77-42-35-61(52-78(77)93-4)84(92)101-76-43-40-66(50-62(76)53-86-88-80-72-27-12-8-23-68(72)69-24-9-13-28-73(69)80)99-82(90)59-31-36-64(37-32-59)96-46-19-20-47-97-65-38-33-60(34-39-65)83(91)100-67-41-44-79(102-49-21-16-22-58(2)3)63(51-67)54-87-89-81-74-29-14-10-25-70(74)71-26-11-15-30-75(71)81/h8-15,23-44,50-54,58H,5-7,16-22,45-49,55-57H2,1-4H3/b86-53+,87-54+. The molecule has 9 aromatic rings. The van der Waals surface area contributed by atoms with Gasteiger partial charge in [0.05, 0.1) is 75.9 Å². The van der Waals surface area contributed by atoms with Gasteiger partial charge in [0.25, 0.3) is 0 Å². The number of nitrogens with zero attached hydrogens (tertiary/aromatic N) is 4. The van der Waals surface area contributed by atoms with E-state index in [-0.39, 0.29) is 22.5 Å². The Hall–Kier alpha value is -10.5. The number of fused-ring (bicyclic) bond motifs is 6. The molecule has 0 amide bonds. The molecular formula is C85H84N4O12S. The number of carbonyl (C=O) groups excluding carboxylic acids is 3. The summed E-state index contributed by atoms with van der Waals surface area (Å²) in [7, 11) is 1.52. The average Bonchev–Trinajstić information content (AvgIpc) is 1.62. The van der Waals surface area contributed by atoms with Crippen LogP contribution in [-0.4, -0.2) is 101 Å². The van der Waals surface area contributed by atoms with Crippen LogP contribution in [0.4, 0.5) is 0 Å². The van der Waals surface area contributed by atoms with Gasteiger partial charge in [-0.3, -0.25) is 0 Å². The van der Waals surface area contributed by atoms with Crippen molar-refractivity contribution in [3.63, 3.8) is 0 Å². The highest BCUT2D eigenvalue weighted by atomic mass is 32.2. The average molecular weight is 1390 g/mol. The molecule has 12 rings (SSSR count). The minimum atomic E-state index is -0.654. The molecule has 2 aliphatic carbocycles. The fourth-order valence-electron chi connectivity index (χ4n) is 12.2. The quantitative estimate of drug-likeness (QED) is 0.00914. The smallest absolute Gasteiger partial charge is 0.343 e. The van der Waals surface area contributed by atoms with Crippen LogP contribution < -0.4 is 33.2 Å². The topological polar surface area (TPSA) is 184 Å². The number of carbonyl (C=O) groups is 3. The third-order valence-electron chi connectivity index (χ3n) is 18.1. The first-order valence-corrected chi connectivity index (χ1v) is 36.1. The van der Waals surface area contributed by atoms with Crippen molar-refractivity contribution < 1.29 is 57.0 Å². The minimum Gasteiger partial charge on any atom is -0.494 e. The zero-order valence-corrected chi connectivity index (χ0v) is 58.9. The highest BCUT2D eigenvalue weighted by Crippen LogP contribution is 2.40. The van der Waals surface area contributed by atoms with Crippen LogP contribution in [0.3, 0.4) is 0 Å². The maximum Gasteiger partial charge on any atom is 0.343 e. The summed E-state index contributed by atoms with van der Waals surface area (Å²) in [4.78, 5) is 42.1. The van der Waals surface area contributed by atoms with Gasteiger partial charge in [0.1, 0.15) is 40.2 Å². The van der Waals surface area contributed by atoms with Gasteiger partial charge in [-0.05, 0) is 182 Å². The van der Waals surface area contributed by atoms with Gasteiger partial charge in [-0.15, -0.1) is 22.0 Å². The molecule has 0 unspecified atom stereocenters. The number of hydrogen-bond donors (Lipinski definition) is 0. The van der Waals surface area contributed by atoms with Gasteiger partial charge in [0.15, 0.2) is 11.5 Å². The van der Waals surface area contributed by atoms with Crippen LogP contribution in [0.2, 0.25) is 0 Å². The lowest BCUT2D eigenvalue weighted by Crippen LogP contribution is -2.45. The fraction of sp³-hybridized carbons (Fsp3) is 0.282. The van der Waals surface area contributed by atoms with E-state index in [2.05, 4.69) is 72.5 Å². The maximum absolute atomic E-state index is 13.9. The van der Waals surface area contributed by atoms with Gasteiger partial charge in [-0.1, -0.05) is 137 Å². The number of esters is 3. The van der Waals surface area contributed by atoms with E-state index in [1.54, 1.807) is 103 Å². The van der Waals surface area contributed by atoms with Crippen LogP contribution in [0.5, 0.6) is 40.2 Å². The zero-order valence-electron chi connectivity index (χ0n) is 58.1. The molecule has 16 nitrogen and oxygen atoms in total. The first kappa shape index (κ1) is 71.4. The molecule has 3 aliphatic rings. The lowest BCUT2D eigenvalue weighted by atomic mass is 9.84. The predicted octanol–water partition coefficient (Wildman–Crippen LogP) is 18.6. The van der Waals surface area contributed by atoms with Gasteiger partial charge in [0, 0.05) is 50.3 Å². The van der Waals surface area contributed by atoms with E-state index in [0.29, 0.717) is 89.7 Å². The molecule has 0 bridgehead atoms. The van der Waals surface area contributed by atoms with Gasteiger partial charge >= 0.3 is 17.9 Å². The second-order valence-electron chi connectivity index (χ2n) is 25.9. The molecule has 0 saturated carbocycles. The second-order valence-corrected chi connectivity index (χ2v) is 27.0. The maximum atomic E-state index is 13.9. The summed E-state index contributed by atoms with van der Waals surface area (Å²) in [6, 6.07) is 61.3. The number of thioether (sulfide) groups is 1. The van der Waals surface area contributed by atoms with Crippen molar-refractivity contribution in [2.45, 2.75) is 89.9 Å². The molecule has 17 heteroatoms. The van der Waals surface area contributed by atoms with Crippen LogP contribution in [0.1, 0.15) is 149 Å². The summed E-state index contributed by atoms with van der Waals surface area (Å²) in [5.74, 6) is 2.71. The predicted molar refractivity (Wildman–Crippen MR) is 402 cm³/mol. The second kappa shape index (κ2) is 35.2. The number of rotatable bonds is 35. The van der Waals surface area contributed by atoms with Crippen LogP contribution in [0.25, 0.3) is 22.3 Å². The van der Waals surface area contributed by atoms with Crippen LogP contribution >= 0.6 is 11.8 Å². The van der Waals surface area contributed by atoms with Crippen molar-refractivity contribution in [2.24, 2.45) is 31.7 Å². The Labute approximate surface area is 600 Å². The minimum absolute atomic E-state index is 0.155. The highest BCUT2D eigenvalue weighted by molar-refractivity contribution is 7.99. The monoisotopic (exact) mass is 1380 g/mol. The molecule has 1 saturated heterocycles. The zero-order chi connectivity index (χ0) is 70.5. The lowest BCUT2D eigenvalue weighted by Gasteiger charge is -2.40. The molecule has 522 valence electrons. The number of benzene rings is 9. The summed E-state index contributed by atoms with van der Waals surface area (Å²) in [6.45, 7) is 11.1. The third-order valence-corrected chi connectivity index (χ3v) is 19.3.